The van der Waals surface area contributed by atoms with E-state index in [1.807, 2.05) is 30.3 Å². The standard InChI is InChI=1S/C26H26FNO4/c1-31-26(30)24(23-9-5-6-10-25(23)27)15-19-11-13-22(14-12-19)32-18-21(29)17-28-16-20-7-3-2-4-8-20/h2-15,21,28-29H,16-18H2,1H3. The van der Waals surface area contributed by atoms with Gasteiger partial charge in [-0.15, -0.1) is 0 Å². The van der Waals surface area contributed by atoms with Crippen molar-refractivity contribution in [3.8, 4) is 5.75 Å². The fraction of sp³-hybridized carbons (Fsp3) is 0.192. The molecule has 0 bridgehead atoms. The molecule has 0 saturated heterocycles. The second-order valence-corrected chi connectivity index (χ2v) is 7.18. The van der Waals surface area contributed by atoms with Crippen LogP contribution in [0.25, 0.3) is 11.6 Å². The van der Waals surface area contributed by atoms with Gasteiger partial charge in [-0.05, 0) is 35.4 Å². The maximum Gasteiger partial charge on any atom is 0.338 e. The minimum atomic E-state index is -0.662. The highest BCUT2D eigenvalue weighted by Gasteiger charge is 2.16. The number of aliphatic hydroxyl groups is 1. The Labute approximate surface area is 187 Å². The van der Waals surface area contributed by atoms with E-state index in [4.69, 9.17) is 9.47 Å². The van der Waals surface area contributed by atoms with Crippen molar-refractivity contribution in [2.24, 2.45) is 0 Å². The summed E-state index contributed by atoms with van der Waals surface area (Å²) in [6.07, 6.45) is 0.904. The quantitative estimate of drug-likeness (QED) is 0.286. The number of benzene rings is 3. The molecule has 0 radical (unpaired) electrons. The molecule has 0 aliphatic heterocycles. The Morgan fingerprint density at radius 3 is 2.41 bits per heavy atom. The van der Waals surface area contributed by atoms with Gasteiger partial charge in [0.25, 0.3) is 0 Å². The highest BCUT2D eigenvalue weighted by molar-refractivity contribution is 6.21. The lowest BCUT2D eigenvalue weighted by atomic mass is 10.0. The summed E-state index contributed by atoms with van der Waals surface area (Å²) in [6.45, 7) is 1.21. The van der Waals surface area contributed by atoms with Crippen LogP contribution < -0.4 is 10.1 Å². The van der Waals surface area contributed by atoms with Crippen LogP contribution >= 0.6 is 0 Å². The molecule has 2 N–H and O–H groups in total. The molecule has 0 spiro atoms. The first-order valence-corrected chi connectivity index (χ1v) is 10.3. The number of nitrogens with one attached hydrogen (secondary N) is 1. The summed E-state index contributed by atoms with van der Waals surface area (Å²) in [6, 6.07) is 22.9. The number of rotatable bonds is 10. The van der Waals surface area contributed by atoms with Gasteiger partial charge in [0.05, 0.1) is 12.7 Å². The van der Waals surface area contributed by atoms with Crippen LogP contribution in [0.4, 0.5) is 4.39 Å². The number of hydrogen-bond acceptors (Lipinski definition) is 5. The van der Waals surface area contributed by atoms with Crippen LogP contribution in [0.15, 0.2) is 78.9 Å². The highest BCUT2D eigenvalue weighted by atomic mass is 19.1. The van der Waals surface area contributed by atoms with Gasteiger partial charge < -0.3 is 19.9 Å². The van der Waals surface area contributed by atoms with E-state index < -0.39 is 17.9 Å². The van der Waals surface area contributed by atoms with Crippen molar-refractivity contribution in [1.29, 1.82) is 0 Å². The Balaban J connectivity index is 1.56. The minimum absolute atomic E-state index is 0.124. The largest absolute Gasteiger partial charge is 0.491 e. The molecule has 3 rings (SSSR count). The van der Waals surface area contributed by atoms with E-state index in [-0.39, 0.29) is 17.7 Å². The van der Waals surface area contributed by atoms with Crippen LogP contribution in [0.1, 0.15) is 16.7 Å². The zero-order valence-corrected chi connectivity index (χ0v) is 17.8. The number of hydrogen-bond donors (Lipinski definition) is 2. The molecule has 1 atom stereocenters. The van der Waals surface area contributed by atoms with Crippen LogP contribution in [-0.2, 0) is 16.1 Å². The highest BCUT2D eigenvalue weighted by Crippen LogP contribution is 2.23. The number of carbonyl (C=O) groups is 1. The van der Waals surface area contributed by atoms with Gasteiger partial charge in [0, 0.05) is 18.7 Å². The van der Waals surface area contributed by atoms with Crippen molar-refractivity contribution < 1.29 is 23.8 Å². The van der Waals surface area contributed by atoms with Crippen LogP contribution in [0.3, 0.4) is 0 Å². The Bertz CT molecular complexity index is 1040. The summed E-state index contributed by atoms with van der Waals surface area (Å²) >= 11 is 0. The van der Waals surface area contributed by atoms with Gasteiger partial charge in [-0.3, -0.25) is 0 Å². The zero-order chi connectivity index (χ0) is 22.8. The second-order valence-electron chi connectivity index (χ2n) is 7.18. The van der Waals surface area contributed by atoms with E-state index in [0.717, 1.165) is 5.56 Å². The Morgan fingerprint density at radius 2 is 1.72 bits per heavy atom. The number of methoxy groups -OCH3 is 1. The molecule has 3 aromatic rings. The molecule has 5 nitrogen and oxygen atoms in total. The lowest BCUT2D eigenvalue weighted by Crippen LogP contribution is -2.31. The van der Waals surface area contributed by atoms with Crippen LogP contribution in [0.2, 0.25) is 0 Å². The molecule has 0 heterocycles. The van der Waals surface area contributed by atoms with Crippen LogP contribution in [0, 0.1) is 5.82 Å². The van der Waals surface area contributed by atoms with E-state index >= 15 is 0 Å². The molecule has 0 amide bonds. The van der Waals surface area contributed by atoms with Crippen molar-refractivity contribution in [2.45, 2.75) is 12.6 Å². The number of aliphatic hydroxyl groups excluding tert-OH is 1. The van der Waals surface area contributed by atoms with Crippen molar-refractivity contribution in [3.63, 3.8) is 0 Å². The molecular formula is C26H26FNO4. The van der Waals surface area contributed by atoms with Gasteiger partial charge >= 0.3 is 5.97 Å². The minimum Gasteiger partial charge on any atom is -0.491 e. The van der Waals surface area contributed by atoms with Gasteiger partial charge in [0.2, 0.25) is 0 Å². The second kappa shape index (κ2) is 11.8. The van der Waals surface area contributed by atoms with Crippen LogP contribution in [0.5, 0.6) is 5.75 Å². The molecule has 0 aromatic heterocycles. The zero-order valence-electron chi connectivity index (χ0n) is 17.8. The first-order chi connectivity index (χ1) is 15.6. The topological polar surface area (TPSA) is 67.8 Å². The maximum absolute atomic E-state index is 14.2. The van der Waals surface area contributed by atoms with Gasteiger partial charge in [0.15, 0.2) is 0 Å². The summed E-state index contributed by atoms with van der Waals surface area (Å²) in [5.41, 5.74) is 2.13. The van der Waals surface area contributed by atoms with Gasteiger partial charge in [0.1, 0.15) is 24.3 Å². The molecule has 3 aromatic carbocycles. The summed E-state index contributed by atoms with van der Waals surface area (Å²) in [7, 11) is 1.26. The normalized spacial score (nSPS) is 12.3. The molecular weight excluding hydrogens is 409 g/mol. The van der Waals surface area contributed by atoms with Crippen LogP contribution in [-0.4, -0.2) is 37.4 Å². The molecule has 0 fully saturated rings. The van der Waals surface area contributed by atoms with Gasteiger partial charge in [-0.1, -0.05) is 60.7 Å². The predicted octanol–water partition coefficient (Wildman–Crippen LogP) is 4.07. The van der Waals surface area contributed by atoms with Crippen molar-refractivity contribution in [1.82, 2.24) is 5.32 Å². The molecule has 1 unspecified atom stereocenters. The maximum atomic E-state index is 14.2. The Hall–Kier alpha value is -3.48. The SMILES string of the molecule is COC(=O)C(=Cc1ccc(OCC(O)CNCc2ccccc2)cc1)c1ccccc1F. The summed E-state index contributed by atoms with van der Waals surface area (Å²) in [5, 5.41) is 13.3. The summed E-state index contributed by atoms with van der Waals surface area (Å²) in [4.78, 5) is 12.2. The van der Waals surface area contributed by atoms with Crippen molar-refractivity contribution in [3.05, 3.63) is 101 Å². The Morgan fingerprint density at radius 1 is 1.03 bits per heavy atom. The summed E-state index contributed by atoms with van der Waals surface area (Å²) < 4.78 is 24.6. The van der Waals surface area contributed by atoms with Gasteiger partial charge in [-0.2, -0.15) is 0 Å². The molecule has 0 aliphatic carbocycles. The molecule has 32 heavy (non-hydrogen) atoms. The average molecular weight is 435 g/mol. The van der Waals surface area contributed by atoms with E-state index in [1.165, 1.54) is 19.2 Å². The molecule has 0 aliphatic rings. The number of ether oxygens (including phenoxy) is 2. The van der Waals surface area contributed by atoms with Gasteiger partial charge in [-0.25, -0.2) is 9.18 Å². The third-order valence-electron chi connectivity index (χ3n) is 4.75. The lowest BCUT2D eigenvalue weighted by molar-refractivity contribution is -0.133. The third kappa shape index (κ3) is 6.77. The lowest BCUT2D eigenvalue weighted by Gasteiger charge is -2.13. The monoisotopic (exact) mass is 435 g/mol. The van der Waals surface area contributed by atoms with Crippen molar-refractivity contribution in [2.75, 3.05) is 20.3 Å². The molecule has 6 heteroatoms. The summed E-state index contributed by atoms with van der Waals surface area (Å²) in [5.74, 6) is -0.546. The first-order valence-electron chi connectivity index (χ1n) is 10.3. The molecule has 166 valence electrons. The van der Waals surface area contributed by atoms with E-state index in [0.29, 0.717) is 24.4 Å². The smallest absolute Gasteiger partial charge is 0.338 e. The Kier molecular flexibility index (Phi) is 8.54. The van der Waals surface area contributed by atoms with Crippen molar-refractivity contribution >= 4 is 17.6 Å². The number of halogens is 1. The third-order valence-corrected chi connectivity index (χ3v) is 4.75. The van der Waals surface area contributed by atoms with E-state index in [2.05, 4.69) is 5.32 Å². The fourth-order valence-electron chi connectivity index (χ4n) is 3.09. The number of carbonyl (C=O) groups excluding carboxylic acids is 1. The fourth-order valence-corrected chi connectivity index (χ4v) is 3.09. The predicted molar refractivity (Wildman–Crippen MR) is 122 cm³/mol. The van der Waals surface area contributed by atoms with E-state index in [9.17, 15) is 14.3 Å². The average Bonchev–Trinajstić information content (AvgIpc) is 2.83. The number of esters is 1. The molecule has 0 saturated carbocycles. The first kappa shape index (κ1) is 23.2. The van der Waals surface area contributed by atoms with E-state index in [1.54, 1.807) is 42.5 Å².